The van der Waals surface area contributed by atoms with Crippen LogP contribution < -0.4 is 10.1 Å². The molecule has 4 nitrogen and oxygen atoms in total. The van der Waals surface area contributed by atoms with Crippen LogP contribution in [0.5, 0.6) is 5.88 Å². The molecule has 0 amide bonds. The lowest BCUT2D eigenvalue weighted by molar-refractivity contribution is 0.144. The quantitative estimate of drug-likeness (QED) is 0.795. The molecule has 21 heavy (non-hydrogen) atoms. The van der Waals surface area contributed by atoms with Gasteiger partial charge in [-0.15, -0.1) is 0 Å². The molecule has 6 heteroatoms. The van der Waals surface area contributed by atoms with Crippen LogP contribution >= 0.6 is 11.6 Å². The van der Waals surface area contributed by atoms with E-state index >= 15 is 0 Å². The van der Waals surface area contributed by atoms with E-state index in [1.165, 1.54) is 12.1 Å². The number of methoxy groups -OCH3 is 1. The molecule has 1 aromatic carbocycles. The van der Waals surface area contributed by atoms with E-state index in [4.69, 9.17) is 21.1 Å². The standard InChI is InChI=1S/C15H16ClFN2O2/c1-20-6-7-21-15-5-4-13(10-19-15)18-9-11-2-3-12(17)8-14(11)16/h2-5,8,10,18H,6-7,9H2,1H3. The Labute approximate surface area is 127 Å². The smallest absolute Gasteiger partial charge is 0.213 e. The van der Waals surface area contributed by atoms with E-state index in [1.807, 2.05) is 6.07 Å². The van der Waals surface area contributed by atoms with Crippen molar-refractivity contribution in [3.05, 3.63) is 52.9 Å². The van der Waals surface area contributed by atoms with Crippen LogP contribution in [-0.4, -0.2) is 25.3 Å². The van der Waals surface area contributed by atoms with Crippen LogP contribution in [0.2, 0.25) is 5.02 Å². The minimum atomic E-state index is -0.344. The summed E-state index contributed by atoms with van der Waals surface area (Å²) in [6.45, 7) is 1.47. The molecular formula is C15H16ClFN2O2. The minimum absolute atomic E-state index is 0.344. The first-order valence-corrected chi connectivity index (χ1v) is 6.82. The molecule has 2 rings (SSSR count). The van der Waals surface area contributed by atoms with Crippen molar-refractivity contribution in [3.8, 4) is 5.88 Å². The number of anilines is 1. The van der Waals surface area contributed by atoms with Crippen LogP contribution in [0.4, 0.5) is 10.1 Å². The third kappa shape index (κ3) is 4.88. The van der Waals surface area contributed by atoms with E-state index in [0.717, 1.165) is 11.3 Å². The Morgan fingerprint density at radius 1 is 1.24 bits per heavy atom. The number of nitrogens with zero attached hydrogens (tertiary/aromatic N) is 1. The molecule has 1 heterocycles. The number of ether oxygens (including phenoxy) is 2. The first kappa shape index (κ1) is 15.5. The number of halogens is 2. The Bertz CT molecular complexity index is 578. The normalized spacial score (nSPS) is 10.4. The van der Waals surface area contributed by atoms with Crippen LogP contribution in [0.15, 0.2) is 36.5 Å². The summed E-state index contributed by atoms with van der Waals surface area (Å²) in [7, 11) is 1.62. The lowest BCUT2D eigenvalue weighted by Crippen LogP contribution is -2.05. The van der Waals surface area contributed by atoms with E-state index in [9.17, 15) is 4.39 Å². The van der Waals surface area contributed by atoms with Crippen molar-refractivity contribution in [3.63, 3.8) is 0 Å². The topological polar surface area (TPSA) is 43.4 Å². The van der Waals surface area contributed by atoms with Gasteiger partial charge in [-0.2, -0.15) is 0 Å². The van der Waals surface area contributed by atoms with E-state index in [-0.39, 0.29) is 5.82 Å². The van der Waals surface area contributed by atoms with Crippen LogP contribution in [0.3, 0.4) is 0 Å². The van der Waals surface area contributed by atoms with Gasteiger partial charge < -0.3 is 14.8 Å². The number of aromatic nitrogens is 1. The van der Waals surface area contributed by atoms with Gasteiger partial charge in [0.1, 0.15) is 12.4 Å². The Morgan fingerprint density at radius 2 is 2.10 bits per heavy atom. The second-order valence-corrected chi connectivity index (χ2v) is 4.72. The van der Waals surface area contributed by atoms with Gasteiger partial charge in [0.2, 0.25) is 5.88 Å². The SMILES string of the molecule is COCCOc1ccc(NCc2ccc(F)cc2Cl)cn1. The number of pyridine rings is 1. The Kier molecular flexibility index (Phi) is 5.78. The summed E-state index contributed by atoms with van der Waals surface area (Å²) in [5.74, 6) is 0.195. The van der Waals surface area contributed by atoms with Crippen LogP contribution in [-0.2, 0) is 11.3 Å². The summed E-state index contributed by atoms with van der Waals surface area (Å²) in [5, 5.41) is 3.56. The van der Waals surface area contributed by atoms with Crippen LogP contribution in [0, 0.1) is 5.82 Å². The van der Waals surface area contributed by atoms with Gasteiger partial charge >= 0.3 is 0 Å². The molecule has 0 atom stereocenters. The Balaban J connectivity index is 1.88. The van der Waals surface area contributed by atoms with E-state index in [0.29, 0.717) is 30.7 Å². The molecule has 0 saturated heterocycles. The number of hydrogen-bond donors (Lipinski definition) is 1. The second-order valence-electron chi connectivity index (χ2n) is 4.32. The van der Waals surface area contributed by atoms with E-state index in [2.05, 4.69) is 10.3 Å². The average molecular weight is 311 g/mol. The maximum atomic E-state index is 12.9. The van der Waals surface area contributed by atoms with Crippen molar-refractivity contribution >= 4 is 17.3 Å². The maximum Gasteiger partial charge on any atom is 0.213 e. The zero-order valence-electron chi connectivity index (χ0n) is 11.6. The fraction of sp³-hybridized carbons (Fsp3) is 0.267. The Hall–Kier alpha value is -1.85. The minimum Gasteiger partial charge on any atom is -0.475 e. The lowest BCUT2D eigenvalue weighted by Gasteiger charge is -2.09. The summed E-state index contributed by atoms with van der Waals surface area (Å²) in [6.07, 6.45) is 1.67. The summed E-state index contributed by atoms with van der Waals surface area (Å²) in [4.78, 5) is 4.17. The molecule has 0 saturated carbocycles. The van der Waals surface area contributed by atoms with Gasteiger partial charge in [-0.25, -0.2) is 9.37 Å². The predicted molar refractivity (Wildman–Crippen MR) is 80.3 cm³/mol. The summed E-state index contributed by atoms with van der Waals surface area (Å²) < 4.78 is 23.2. The summed E-state index contributed by atoms with van der Waals surface area (Å²) in [6, 6.07) is 7.95. The largest absolute Gasteiger partial charge is 0.475 e. The monoisotopic (exact) mass is 310 g/mol. The van der Waals surface area contributed by atoms with Crippen molar-refractivity contribution in [1.82, 2.24) is 4.98 Å². The van der Waals surface area contributed by atoms with Crippen LogP contribution in [0.1, 0.15) is 5.56 Å². The van der Waals surface area contributed by atoms with Gasteiger partial charge in [-0.1, -0.05) is 17.7 Å². The Morgan fingerprint density at radius 3 is 2.76 bits per heavy atom. The molecule has 0 fully saturated rings. The summed E-state index contributed by atoms with van der Waals surface area (Å²) in [5.41, 5.74) is 1.65. The number of hydrogen-bond acceptors (Lipinski definition) is 4. The highest BCUT2D eigenvalue weighted by molar-refractivity contribution is 6.31. The van der Waals surface area contributed by atoms with E-state index in [1.54, 1.807) is 25.4 Å². The van der Waals surface area contributed by atoms with E-state index < -0.39 is 0 Å². The van der Waals surface area contributed by atoms with Crippen molar-refractivity contribution in [2.24, 2.45) is 0 Å². The molecule has 1 N–H and O–H groups in total. The number of benzene rings is 1. The molecule has 0 unspecified atom stereocenters. The fourth-order valence-electron chi connectivity index (χ4n) is 1.66. The molecule has 112 valence electrons. The second kappa shape index (κ2) is 7.81. The van der Waals surface area contributed by atoms with Gasteiger partial charge in [-0.05, 0) is 23.8 Å². The molecule has 0 aliphatic rings. The molecular weight excluding hydrogens is 295 g/mol. The highest BCUT2D eigenvalue weighted by atomic mass is 35.5. The zero-order valence-corrected chi connectivity index (χ0v) is 12.4. The summed E-state index contributed by atoms with van der Waals surface area (Å²) >= 11 is 5.96. The maximum absolute atomic E-state index is 12.9. The van der Waals surface area contributed by atoms with Crippen molar-refractivity contribution < 1.29 is 13.9 Å². The third-order valence-electron chi connectivity index (χ3n) is 2.77. The molecule has 0 bridgehead atoms. The van der Waals surface area contributed by atoms with Gasteiger partial charge in [-0.3, -0.25) is 0 Å². The third-order valence-corrected chi connectivity index (χ3v) is 3.12. The number of nitrogens with one attached hydrogen (secondary N) is 1. The molecule has 0 radical (unpaired) electrons. The molecule has 2 aromatic rings. The van der Waals surface area contributed by atoms with Crippen molar-refractivity contribution in [2.75, 3.05) is 25.6 Å². The first-order valence-electron chi connectivity index (χ1n) is 6.44. The molecule has 1 aromatic heterocycles. The lowest BCUT2D eigenvalue weighted by atomic mass is 10.2. The highest BCUT2D eigenvalue weighted by Gasteiger charge is 2.02. The fourth-order valence-corrected chi connectivity index (χ4v) is 1.90. The van der Waals surface area contributed by atoms with Crippen LogP contribution in [0.25, 0.3) is 0 Å². The first-order chi connectivity index (χ1) is 10.2. The van der Waals surface area contributed by atoms with Gasteiger partial charge in [0, 0.05) is 24.7 Å². The van der Waals surface area contributed by atoms with Gasteiger partial charge in [0.25, 0.3) is 0 Å². The molecule has 0 aliphatic heterocycles. The molecule has 0 aliphatic carbocycles. The van der Waals surface area contributed by atoms with Gasteiger partial charge in [0.15, 0.2) is 0 Å². The number of rotatable bonds is 7. The zero-order chi connectivity index (χ0) is 15.1. The van der Waals surface area contributed by atoms with Crippen molar-refractivity contribution in [2.45, 2.75) is 6.54 Å². The van der Waals surface area contributed by atoms with Crippen molar-refractivity contribution in [1.29, 1.82) is 0 Å². The highest BCUT2D eigenvalue weighted by Crippen LogP contribution is 2.19. The predicted octanol–water partition coefficient (Wildman–Crippen LogP) is 3.51. The van der Waals surface area contributed by atoms with Gasteiger partial charge in [0.05, 0.1) is 18.5 Å². The average Bonchev–Trinajstić information content (AvgIpc) is 2.48. The molecule has 0 spiro atoms.